The SMILES string of the molecule is Cc1cc(NC(=O)[C@@H](C)OC(=O)c2cc3ccc(Br)cc3[nH]2)on1. The molecule has 24 heavy (non-hydrogen) atoms. The van der Waals surface area contributed by atoms with Gasteiger partial charge < -0.3 is 14.2 Å². The van der Waals surface area contributed by atoms with Crippen LogP contribution in [0.1, 0.15) is 23.1 Å². The van der Waals surface area contributed by atoms with E-state index in [0.29, 0.717) is 5.69 Å². The molecule has 1 aromatic carbocycles. The van der Waals surface area contributed by atoms with E-state index in [9.17, 15) is 9.59 Å². The van der Waals surface area contributed by atoms with Crippen LogP contribution in [0.25, 0.3) is 10.9 Å². The summed E-state index contributed by atoms with van der Waals surface area (Å²) in [6.07, 6.45) is -0.985. The largest absolute Gasteiger partial charge is 0.448 e. The summed E-state index contributed by atoms with van der Waals surface area (Å²) in [5.41, 5.74) is 1.71. The number of nitrogens with one attached hydrogen (secondary N) is 2. The fourth-order valence-corrected chi connectivity index (χ4v) is 2.49. The highest BCUT2D eigenvalue weighted by Crippen LogP contribution is 2.21. The minimum absolute atomic E-state index is 0.205. The molecular formula is C16H14BrN3O4. The zero-order valence-electron chi connectivity index (χ0n) is 12.9. The first-order valence-corrected chi connectivity index (χ1v) is 7.95. The molecule has 2 heterocycles. The first-order chi connectivity index (χ1) is 11.4. The lowest BCUT2D eigenvalue weighted by molar-refractivity contribution is -0.123. The van der Waals surface area contributed by atoms with Crippen LogP contribution in [0, 0.1) is 6.92 Å². The number of aryl methyl sites for hydroxylation is 1. The van der Waals surface area contributed by atoms with Gasteiger partial charge >= 0.3 is 5.97 Å². The number of halogens is 1. The number of benzene rings is 1. The zero-order chi connectivity index (χ0) is 17.3. The van der Waals surface area contributed by atoms with E-state index in [4.69, 9.17) is 9.26 Å². The van der Waals surface area contributed by atoms with E-state index < -0.39 is 18.0 Å². The van der Waals surface area contributed by atoms with Crippen molar-refractivity contribution < 1.29 is 18.8 Å². The number of fused-ring (bicyclic) bond motifs is 1. The quantitative estimate of drug-likeness (QED) is 0.664. The van der Waals surface area contributed by atoms with E-state index in [2.05, 4.69) is 31.4 Å². The maximum Gasteiger partial charge on any atom is 0.355 e. The van der Waals surface area contributed by atoms with Crippen molar-refractivity contribution in [1.82, 2.24) is 10.1 Å². The Bertz CT molecular complexity index is 915. The molecule has 2 aromatic heterocycles. The fraction of sp³-hybridized carbons (Fsp3) is 0.188. The minimum Gasteiger partial charge on any atom is -0.448 e. The number of aromatic nitrogens is 2. The summed E-state index contributed by atoms with van der Waals surface area (Å²) in [7, 11) is 0. The van der Waals surface area contributed by atoms with Crippen molar-refractivity contribution in [2.24, 2.45) is 0 Å². The molecule has 0 aliphatic rings. The lowest BCUT2D eigenvalue weighted by atomic mass is 10.2. The van der Waals surface area contributed by atoms with E-state index in [1.807, 2.05) is 18.2 Å². The highest BCUT2D eigenvalue weighted by atomic mass is 79.9. The van der Waals surface area contributed by atoms with Crippen molar-refractivity contribution in [3.63, 3.8) is 0 Å². The topological polar surface area (TPSA) is 97.2 Å². The van der Waals surface area contributed by atoms with Crippen LogP contribution in [0.2, 0.25) is 0 Å². The highest BCUT2D eigenvalue weighted by Gasteiger charge is 2.21. The van der Waals surface area contributed by atoms with Crippen molar-refractivity contribution in [2.75, 3.05) is 5.32 Å². The summed E-state index contributed by atoms with van der Waals surface area (Å²) >= 11 is 3.37. The summed E-state index contributed by atoms with van der Waals surface area (Å²) in [6.45, 7) is 3.21. The number of esters is 1. The number of nitrogens with zero attached hydrogens (tertiary/aromatic N) is 1. The van der Waals surface area contributed by atoms with Crippen molar-refractivity contribution in [3.05, 3.63) is 46.2 Å². The number of hydrogen-bond acceptors (Lipinski definition) is 5. The molecule has 1 atom stereocenters. The number of H-pyrrole nitrogens is 1. The molecule has 8 heteroatoms. The maximum atomic E-state index is 12.2. The molecule has 0 spiro atoms. The number of amides is 1. The highest BCUT2D eigenvalue weighted by molar-refractivity contribution is 9.10. The standard InChI is InChI=1S/C16H14BrN3O4/c1-8-5-14(24-20-8)19-15(21)9(2)23-16(22)13-6-10-3-4-11(17)7-12(10)18-13/h3-7,9,18H,1-2H3,(H,19,21)/t9-/m1/s1. The summed E-state index contributed by atoms with van der Waals surface area (Å²) in [5, 5.41) is 7.03. The van der Waals surface area contributed by atoms with E-state index in [0.717, 1.165) is 15.4 Å². The Kier molecular flexibility index (Phi) is 4.39. The molecule has 0 fully saturated rings. The second kappa shape index (κ2) is 6.48. The van der Waals surface area contributed by atoms with Crippen LogP contribution in [-0.2, 0) is 9.53 Å². The van der Waals surface area contributed by atoms with Gasteiger partial charge in [-0.3, -0.25) is 10.1 Å². The van der Waals surface area contributed by atoms with E-state index in [-0.39, 0.29) is 11.6 Å². The number of carbonyl (C=O) groups excluding carboxylic acids is 2. The first-order valence-electron chi connectivity index (χ1n) is 7.16. The van der Waals surface area contributed by atoms with Gasteiger partial charge in [0.2, 0.25) is 5.88 Å². The predicted molar refractivity (Wildman–Crippen MR) is 90.7 cm³/mol. The molecule has 7 nitrogen and oxygen atoms in total. The van der Waals surface area contributed by atoms with Gasteiger partial charge in [0, 0.05) is 21.4 Å². The predicted octanol–water partition coefficient (Wildman–Crippen LogP) is 3.41. The van der Waals surface area contributed by atoms with E-state index in [1.54, 1.807) is 19.1 Å². The number of aromatic amines is 1. The molecule has 124 valence electrons. The average molecular weight is 392 g/mol. The third-order valence-electron chi connectivity index (χ3n) is 3.33. The molecule has 3 aromatic rings. The number of rotatable bonds is 4. The summed E-state index contributed by atoms with van der Waals surface area (Å²) in [6, 6.07) is 8.85. The molecular weight excluding hydrogens is 378 g/mol. The lowest BCUT2D eigenvalue weighted by Gasteiger charge is -2.11. The van der Waals surface area contributed by atoms with Crippen LogP contribution in [0.15, 0.2) is 39.3 Å². The second-order valence-electron chi connectivity index (χ2n) is 5.28. The first kappa shape index (κ1) is 16.3. The Morgan fingerprint density at radius 2 is 2.12 bits per heavy atom. The lowest BCUT2D eigenvalue weighted by Crippen LogP contribution is -2.29. The zero-order valence-corrected chi connectivity index (χ0v) is 14.5. The van der Waals surface area contributed by atoms with Crippen LogP contribution >= 0.6 is 15.9 Å². The van der Waals surface area contributed by atoms with Crippen LogP contribution in [0.4, 0.5) is 5.88 Å². The smallest absolute Gasteiger partial charge is 0.355 e. The molecule has 0 radical (unpaired) electrons. The maximum absolute atomic E-state index is 12.2. The van der Waals surface area contributed by atoms with Crippen molar-refractivity contribution in [1.29, 1.82) is 0 Å². The van der Waals surface area contributed by atoms with Crippen molar-refractivity contribution in [3.8, 4) is 0 Å². The second-order valence-corrected chi connectivity index (χ2v) is 6.20. The molecule has 0 saturated carbocycles. The van der Waals surface area contributed by atoms with E-state index >= 15 is 0 Å². The summed E-state index contributed by atoms with van der Waals surface area (Å²) in [5.74, 6) is -0.909. The van der Waals surface area contributed by atoms with Crippen LogP contribution in [-0.4, -0.2) is 28.1 Å². The Hall–Kier alpha value is -2.61. The van der Waals surface area contributed by atoms with Gasteiger partial charge in [0.15, 0.2) is 6.10 Å². The molecule has 0 unspecified atom stereocenters. The monoisotopic (exact) mass is 391 g/mol. The van der Waals surface area contributed by atoms with Gasteiger partial charge in [-0.05, 0) is 32.0 Å². The van der Waals surface area contributed by atoms with Gasteiger partial charge in [0.1, 0.15) is 5.69 Å². The number of anilines is 1. The van der Waals surface area contributed by atoms with Crippen molar-refractivity contribution >= 4 is 44.6 Å². The molecule has 0 bridgehead atoms. The van der Waals surface area contributed by atoms with E-state index in [1.165, 1.54) is 6.92 Å². The molecule has 1 amide bonds. The van der Waals surface area contributed by atoms with Gasteiger partial charge in [-0.25, -0.2) is 4.79 Å². The fourth-order valence-electron chi connectivity index (χ4n) is 2.13. The number of carbonyl (C=O) groups is 2. The van der Waals surface area contributed by atoms with Gasteiger partial charge in [0.05, 0.1) is 5.69 Å². The van der Waals surface area contributed by atoms with Crippen molar-refractivity contribution in [2.45, 2.75) is 20.0 Å². The number of ether oxygens (including phenoxy) is 1. The summed E-state index contributed by atoms with van der Waals surface area (Å²) < 4.78 is 11.0. The Balaban J connectivity index is 1.67. The Morgan fingerprint density at radius 3 is 2.83 bits per heavy atom. The van der Waals surface area contributed by atoms with Gasteiger partial charge in [-0.1, -0.05) is 27.2 Å². The van der Waals surface area contributed by atoms with Gasteiger partial charge in [-0.2, -0.15) is 0 Å². The number of hydrogen-bond donors (Lipinski definition) is 2. The summed E-state index contributed by atoms with van der Waals surface area (Å²) in [4.78, 5) is 27.2. The third-order valence-corrected chi connectivity index (χ3v) is 3.83. The average Bonchev–Trinajstić information content (AvgIpc) is 3.12. The van der Waals surface area contributed by atoms with Gasteiger partial charge in [-0.15, -0.1) is 0 Å². The van der Waals surface area contributed by atoms with Crippen LogP contribution in [0.5, 0.6) is 0 Å². The molecule has 0 saturated heterocycles. The molecule has 2 N–H and O–H groups in total. The molecule has 3 rings (SSSR count). The van der Waals surface area contributed by atoms with Gasteiger partial charge in [0.25, 0.3) is 5.91 Å². The Morgan fingerprint density at radius 1 is 1.33 bits per heavy atom. The normalized spacial score (nSPS) is 12.1. The minimum atomic E-state index is -0.985. The third kappa shape index (κ3) is 3.48. The molecule has 0 aliphatic heterocycles. The van der Waals surface area contributed by atoms with Crippen LogP contribution in [0.3, 0.4) is 0 Å². The Labute approximate surface area is 145 Å². The van der Waals surface area contributed by atoms with Crippen LogP contribution < -0.4 is 5.32 Å². The molecule has 0 aliphatic carbocycles.